The van der Waals surface area contributed by atoms with Crippen LogP contribution in [0.15, 0.2) is 51.8 Å². The van der Waals surface area contributed by atoms with E-state index in [4.69, 9.17) is 0 Å². The van der Waals surface area contributed by atoms with Gasteiger partial charge in [0.15, 0.2) is 11.6 Å². The minimum atomic E-state index is -3.89. The Labute approximate surface area is 130 Å². The standard InChI is InChI=1S/C14H12BrF2NO2S/c1-18(9-10-4-2-3-5-12(10)15)21(19,20)11-6-7-13(16)14(17)8-11/h2-8H,9H2,1H3. The summed E-state index contributed by atoms with van der Waals surface area (Å²) in [6.07, 6.45) is 0. The molecule has 0 aliphatic heterocycles. The molecular weight excluding hydrogens is 364 g/mol. The van der Waals surface area contributed by atoms with Gasteiger partial charge in [0.1, 0.15) is 0 Å². The van der Waals surface area contributed by atoms with Gasteiger partial charge in [0.25, 0.3) is 0 Å². The summed E-state index contributed by atoms with van der Waals surface area (Å²) in [5.41, 5.74) is 0.770. The molecule has 0 saturated heterocycles. The minimum absolute atomic E-state index is 0.114. The zero-order valence-electron chi connectivity index (χ0n) is 11.1. The quantitative estimate of drug-likeness (QED) is 0.819. The van der Waals surface area contributed by atoms with E-state index in [1.807, 2.05) is 6.07 Å². The van der Waals surface area contributed by atoms with Gasteiger partial charge in [-0.3, -0.25) is 0 Å². The Bertz CT molecular complexity index is 765. The fourth-order valence-electron chi connectivity index (χ4n) is 1.77. The lowest BCUT2D eigenvalue weighted by Crippen LogP contribution is -2.26. The number of halogens is 3. The number of nitrogens with zero attached hydrogens (tertiary/aromatic N) is 1. The fourth-order valence-corrected chi connectivity index (χ4v) is 3.34. The van der Waals surface area contributed by atoms with Crippen molar-refractivity contribution in [1.82, 2.24) is 4.31 Å². The summed E-state index contributed by atoms with van der Waals surface area (Å²) < 4.78 is 52.6. The monoisotopic (exact) mass is 375 g/mol. The molecule has 0 saturated carbocycles. The summed E-state index contributed by atoms with van der Waals surface area (Å²) in [5.74, 6) is -2.27. The molecule has 0 amide bonds. The van der Waals surface area contributed by atoms with Gasteiger partial charge < -0.3 is 0 Å². The summed E-state index contributed by atoms with van der Waals surface area (Å²) in [5, 5.41) is 0. The summed E-state index contributed by atoms with van der Waals surface area (Å²) in [4.78, 5) is -0.282. The van der Waals surface area contributed by atoms with Gasteiger partial charge in [0.2, 0.25) is 10.0 Å². The summed E-state index contributed by atoms with van der Waals surface area (Å²) in [6.45, 7) is 0.114. The van der Waals surface area contributed by atoms with Crippen molar-refractivity contribution < 1.29 is 17.2 Å². The predicted octanol–water partition coefficient (Wildman–Crippen LogP) is 3.55. The van der Waals surface area contributed by atoms with Gasteiger partial charge in [-0.2, -0.15) is 4.31 Å². The Kier molecular flexibility index (Phi) is 4.75. The van der Waals surface area contributed by atoms with Crippen LogP contribution in [0.5, 0.6) is 0 Å². The molecule has 0 aliphatic rings. The molecule has 112 valence electrons. The molecule has 0 radical (unpaired) electrons. The van der Waals surface area contributed by atoms with Crippen LogP contribution in [0.25, 0.3) is 0 Å². The van der Waals surface area contributed by atoms with E-state index < -0.39 is 21.7 Å². The van der Waals surface area contributed by atoms with Gasteiger partial charge in [-0.05, 0) is 29.8 Å². The third kappa shape index (κ3) is 3.48. The van der Waals surface area contributed by atoms with Crippen molar-refractivity contribution in [2.75, 3.05) is 7.05 Å². The fraction of sp³-hybridized carbons (Fsp3) is 0.143. The summed E-state index contributed by atoms with van der Waals surface area (Å²) in [7, 11) is -2.50. The Balaban J connectivity index is 2.30. The van der Waals surface area contributed by atoms with E-state index in [1.54, 1.807) is 18.2 Å². The largest absolute Gasteiger partial charge is 0.243 e. The SMILES string of the molecule is CN(Cc1ccccc1Br)S(=O)(=O)c1ccc(F)c(F)c1. The number of hydrogen-bond donors (Lipinski definition) is 0. The van der Waals surface area contributed by atoms with Crippen molar-refractivity contribution >= 4 is 26.0 Å². The average Bonchev–Trinajstić information content (AvgIpc) is 2.44. The third-order valence-corrected chi connectivity index (χ3v) is 5.52. The van der Waals surface area contributed by atoms with Gasteiger partial charge in [0.05, 0.1) is 4.90 Å². The third-order valence-electron chi connectivity index (χ3n) is 2.95. The first-order chi connectivity index (χ1) is 9.82. The number of hydrogen-bond acceptors (Lipinski definition) is 2. The van der Waals surface area contributed by atoms with Crippen molar-refractivity contribution in [3.05, 3.63) is 64.1 Å². The maximum absolute atomic E-state index is 13.2. The van der Waals surface area contributed by atoms with Crippen LogP contribution in [0.4, 0.5) is 8.78 Å². The summed E-state index contributed by atoms with van der Waals surface area (Å²) in [6, 6.07) is 9.71. The average molecular weight is 376 g/mol. The van der Waals surface area contributed by atoms with E-state index in [2.05, 4.69) is 15.9 Å². The van der Waals surface area contributed by atoms with E-state index in [0.29, 0.717) is 6.07 Å². The molecule has 2 rings (SSSR count). The Morgan fingerprint density at radius 2 is 1.76 bits per heavy atom. The second kappa shape index (κ2) is 6.21. The molecule has 3 nitrogen and oxygen atoms in total. The lowest BCUT2D eigenvalue weighted by molar-refractivity contribution is 0.463. The van der Waals surface area contributed by atoms with Crippen LogP contribution in [0.3, 0.4) is 0 Å². The molecule has 0 N–H and O–H groups in total. The summed E-state index contributed by atoms with van der Waals surface area (Å²) >= 11 is 3.34. The molecule has 0 aromatic heterocycles. The van der Waals surface area contributed by atoms with Gasteiger partial charge in [0, 0.05) is 18.1 Å². The number of benzene rings is 2. The van der Waals surface area contributed by atoms with Crippen molar-refractivity contribution in [3.63, 3.8) is 0 Å². The zero-order valence-corrected chi connectivity index (χ0v) is 13.5. The molecule has 0 heterocycles. The molecule has 21 heavy (non-hydrogen) atoms. The van der Waals surface area contributed by atoms with Crippen LogP contribution in [-0.2, 0) is 16.6 Å². The molecule has 0 aliphatic carbocycles. The lowest BCUT2D eigenvalue weighted by Gasteiger charge is -2.18. The minimum Gasteiger partial charge on any atom is -0.207 e. The molecule has 2 aromatic carbocycles. The molecule has 7 heteroatoms. The molecule has 0 unspecified atom stereocenters. The van der Waals surface area contributed by atoms with Crippen LogP contribution in [0.2, 0.25) is 0 Å². The van der Waals surface area contributed by atoms with E-state index in [9.17, 15) is 17.2 Å². The topological polar surface area (TPSA) is 37.4 Å². The highest BCUT2D eigenvalue weighted by Crippen LogP contribution is 2.22. The van der Waals surface area contributed by atoms with Crippen LogP contribution < -0.4 is 0 Å². The molecule has 0 bridgehead atoms. The molecule has 2 aromatic rings. The van der Waals surface area contributed by atoms with Crippen LogP contribution >= 0.6 is 15.9 Å². The highest BCUT2D eigenvalue weighted by atomic mass is 79.9. The maximum atomic E-state index is 13.2. The van der Waals surface area contributed by atoms with Crippen molar-refractivity contribution in [2.45, 2.75) is 11.4 Å². The second-order valence-electron chi connectivity index (χ2n) is 4.43. The number of rotatable bonds is 4. The smallest absolute Gasteiger partial charge is 0.207 e. The zero-order chi connectivity index (χ0) is 15.6. The first-order valence-electron chi connectivity index (χ1n) is 5.97. The molecule has 0 spiro atoms. The first kappa shape index (κ1) is 16.1. The number of sulfonamides is 1. The second-order valence-corrected chi connectivity index (χ2v) is 7.33. The highest BCUT2D eigenvalue weighted by Gasteiger charge is 2.22. The molecular formula is C14H12BrF2NO2S. The van der Waals surface area contributed by atoms with Gasteiger partial charge in [-0.1, -0.05) is 34.1 Å². The van der Waals surface area contributed by atoms with Crippen molar-refractivity contribution in [3.8, 4) is 0 Å². The maximum Gasteiger partial charge on any atom is 0.243 e. The van der Waals surface area contributed by atoms with Crippen LogP contribution in [0, 0.1) is 11.6 Å². The van der Waals surface area contributed by atoms with Gasteiger partial charge in [-0.25, -0.2) is 17.2 Å². The Morgan fingerprint density at radius 1 is 1.10 bits per heavy atom. The van der Waals surface area contributed by atoms with E-state index >= 15 is 0 Å². The Morgan fingerprint density at radius 3 is 2.38 bits per heavy atom. The highest BCUT2D eigenvalue weighted by molar-refractivity contribution is 9.10. The van der Waals surface area contributed by atoms with Gasteiger partial charge >= 0.3 is 0 Å². The van der Waals surface area contributed by atoms with Crippen molar-refractivity contribution in [1.29, 1.82) is 0 Å². The van der Waals surface area contributed by atoms with Crippen molar-refractivity contribution in [2.24, 2.45) is 0 Å². The predicted molar refractivity (Wildman–Crippen MR) is 79.2 cm³/mol. The molecule has 0 atom stereocenters. The Hall–Kier alpha value is -1.31. The normalized spacial score (nSPS) is 11.9. The van der Waals surface area contributed by atoms with E-state index in [-0.39, 0.29) is 11.4 Å². The van der Waals surface area contributed by atoms with Gasteiger partial charge in [-0.15, -0.1) is 0 Å². The first-order valence-corrected chi connectivity index (χ1v) is 8.20. The molecule has 0 fully saturated rings. The van der Waals surface area contributed by atoms with E-state index in [0.717, 1.165) is 26.5 Å². The van der Waals surface area contributed by atoms with Crippen LogP contribution in [0.1, 0.15) is 5.56 Å². The van der Waals surface area contributed by atoms with Crippen LogP contribution in [-0.4, -0.2) is 19.8 Å². The lowest BCUT2D eigenvalue weighted by atomic mass is 10.2. The van der Waals surface area contributed by atoms with E-state index in [1.165, 1.54) is 7.05 Å².